The lowest BCUT2D eigenvalue weighted by atomic mass is 10.3. The van der Waals surface area contributed by atoms with E-state index in [0.717, 1.165) is 12.3 Å². The fourth-order valence-corrected chi connectivity index (χ4v) is 3.58. The molecule has 26 heavy (non-hydrogen) atoms. The summed E-state index contributed by atoms with van der Waals surface area (Å²) in [6, 6.07) is 18.2. The van der Waals surface area contributed by atoms with Crippen LogP contribution in [-0.4, -0.2) is 24.4 Å². The molecular formula is C18H15N3O4S. The number of benzene rings is 2. The Kier molecular flexibility index (Phi) is 4.85. The van der Waals surface area contributed by atoms with Crippen molar-refractivity contribution in [2.24, 2.45) is 4.99 Å². The number of nitrogens with zero attached hydrogens (tertiary/aromatic N) is 2. The summed E-state index contributed by atoms with van der Waals surface area (Å²) in [4.78, 5) is 15.8. The highest BCUT2D eigenvalue weighted by Gasteiger charge is 2.21. The number of carbonyl (C=O) groups excluding carboxylic acids is 1. The molecular weight excluding hydrogens is 354 g/mol. The molecule has 0 aliphatic heterocycles. The van der Waals surface area contributed by atoms with E-state index in [2.05, 4.69) is 10.3 Å². The van der Waals surface area contributed by atoms with Crippen LogP contribution < -0.4 is 10.7 Å². The predicted octanol–water partition coefficient (Wildman–Crippen LogP) is 2.69. The maximum atomic E-state index is 12.7. The molecule has 2 aromatic carbocycles. The Balaban J connectivity index is 1.97. The molecule has 2 amide bonds. The van der Waals surface area contributed by atoms with Crippen molar-refractivity contribution in [3.8, 4) is 0 Å². The van der Waals surface area contributed by atoms with Gasteiger partial charge in [-0.2, -0.15) is 9.72 Å². The molecule has 8 heteroatoms. The van der Waals surface area contributed by atoms with Crippen LogP contribution in [0.25, 0.3) is 0 Å². The van der Waals surface area contributed by atoms with E-state index in [-0.39, 0.29) is 10.3 Å². The van der Waals surface area contributed by atoms with Crippen molar-refractivity contribution in [3.63, 3.8) is 0 Å². The predicted molar refractivity (Wildman–Crippen MR) is 94.5 cm³/mol. The first-order valence-electron chi connectivity index (χ1n) is 7.60. The lowest BCUT2D eigenvalue weighted by Crippen LogP contribution is -2.18. The van der Waals surface area contributed by atoms with Crippen LogP contribution in [-0.2, 0) is 9.84 Å². The number of aromatic nitrogens is 1. The highest BCUT2D eigenvalue weighted by Crippen LogP contribution is 2.18. The lowest BCUT2D eigenvalue weighted by molar-refractivity contribution is 0.157. The minimum Gasteiger partial charge on any atom is -0.428 e. The number of hydrogen-bond donors (Lipinski definition) is 2. The average molecular weight is 369 g/mol. The second-order valence-corrected chi connectivity index (χ2v) is 7.19. The summed E-state index contributed by atoms with van der Waals surface area (Å²) in [5.41, 5.74) is 0.562. The van der Waals surface area contributed by atoms with Crippen LogP contribution in [0.2, 0.25) is 0 Å². The molecule has 2 N–H and O–H groups in total. The summed E-state index contributed by atoms with van der Waals surface area (Å²) in [6.07, 6.45) is 1.12. The second kappa shape index (κ2) is 7.24. The van der Waals surface area contributed by atoms with E-state index in [1.807, 2.05) is 6.07 Å². The summed E-state index contributed by atoms with van der Waals surface area (Å²) in [7, 11) is -3.97. The van der Waals surface area contributed by atoms with Crippen LogP contribution in [0.1, 0.15) is 0 Å². The summed E-state index contributed by atoms with van der Waals surface area (Å²) in [5, 5.41) is 12.2. The average Bonchev–Trinajstić information content (AvgIpc) is 2.64. The molecule has 0 saturated heterocycles. The third-order valence-corrected chi connectivity index (χ3v) is 5.22. The number of pyridine rings is 1. The molecule has 0 bridgehead atoms. The quantitative estimate of drug-likeness (QED) is 0.693. The van der Waals surface area contributed by atoms with Crippen molar-refractivity contribution < 1.29 is 18.4 Å². The van der Waals surface area contributed by atoms with Gasteiger partial charge in [-0.1, -0.05) is 36.4 Å². The van der Waals surface area contributed by atoms with Crippen molar-refractivity contribution in [2.45, 2.75) is 9.92 Å². The van der Waals surface area contributed by atoms with Gasteiger partial charge in [0.2, 0.25) is 9.84 Å². The number of para-hydroxylation sites is 1. The highest BCUT2D eigenvalue weighted by molar-refractivity contribution is 7.91. The van der Waals surface area contributed by atoms with E-state index in [1.165, 1.54) is 18.2 Å². The summed E-state index contributed by atoms with van der Waals surface area (Å²) in [6.45, 7) is 0. The lowest BCUT2D eigenvalue weighted by Gasteiger charge is -2.08. The molecule has 0 spiro atoms. The van der Waals surface area contributed by atoms with Gasteiger partial charge in [0.15, 0.2) is 5.03 Å². The summed E-state index contributed by atoms with van der Waals surface area (Å²) >= 11 is 0. The Bertz CT molecular complexity index is 1090. The number of amides is 2. The van der Waals surface area contributed by atoms with Gasteiger partial charge in [-0.3, -0.25) is 0 Å². The molecule has 132 valence electrons. The molecule has 0 unspecified atom stereocenters. The first kappa shape index (κ1) is 17.4. The molecule has 1 aromatic heterocycles. The van der Waals surface area contributed by atoms with Crippen molar-refractivity contribution in [2.75, 3.05) is 5.32 Å². The standard InChI is InChI=1S/C18H15N3O4S/c22-18(19-14-7-3-1-4-8-14)20-15-11-12-21(23)17(13-15)26(24,25)16-9-5-2-6-10-16/h1-13,23H,(H,19,22)/b20-15-. The van der Waals surface area contributed by atoms with Crippen LogP contribution in [0, 0.1) is 0 Å². The number of sulfone groups is 1. The van der Waals surface area contributed by atoms with E-state index in [4.69, 9.17) is 0 Å². The Labute approximate surface area is 149 Å². The van der Waals surface area contributed by atoms with Crippen LogP contribution in [0.15, 0.2) is 93.9 Å². The largest absolute Gasteiger partial charge is 0.428 e. The number of hydrogen-bond acceptors (Lipinski definition) is 4. The van der Waals surface area contributed by atoms with E-state index < -0.39 is 20.9 Å². The zero-order chi connectivity index (χ0) is 18.6. The third-order valence-electron chi connectivity index (χ3n) is 3.47. The van der Waals surface area contributed by atoms with Gasteiger partial charge in [0.25, 0.3) is 0 Å². The van der Waals surface area contributed by atoms with Gasteiger partial charge >= 0.3 is 6.03 Å². The van der Waals surface area contributed by atoms with Crippen molar-refractivity contribution >= 4 is 21.6 Å². The molecule has 0 radical (unpaired) electrons. The van der Waals surface area contributed by atoms with E-state index in [9.17, 15) is 18.4 Å². The SMILES string of the molecule is O=C(/N=c1/ccn(O)c(S(=O)(=O)c2ccccc2)c1)Nc1ccccc1. The number of urea groups is 1. The zero-order valence-electron chi connectivity index (χ0n) is 13.5. The van der Waals surface area contributed by atoms with Crippen LogP contribution >= 0.6 is 0 Å². The van der Waals surface area contributed by atoms with E-state index >= 15 is 0 Å². The van der Waals surface area contributed by atoms with E-state index in [1.54, 1.807) is 42.5 Å². The summed E-state index contributed by atoms with van der Waals surface area (Å²) < 4.78 is 25.8. The van der Waals surface area contributed by atoms with Gasteiger partial charge in [-0.05, 0) is 30.3 Å². The Morgan fingerprint density at radius 1 is 0.962 bits per heavy atom. The zero-order valence-corrected chi connectivity index (χ0v) is 14.3. The van der Waals surface area contributed by atoms with Crippen LogP contribution in [0.4, 0.5) is 10.5 Å². The smallest absolute Gasteiger partial charge is 0.345 e. The molecule has 0 aliphatic carbocycles. The van der Waals surface area contributed by atoms with Crippen molar-refractivity contribution in [1.82, 2.24) is 4.73 Å². The first-order valence-corrected chi connectivity index (χ1v) is 9.08. The van der Waals surface area contributed by atoms with Crippen LogP contribution in [0.5, 0.6) is 0 Å². The second-order valence-electron chi connectivity index (χ2n) is 5.29. The minimum atomic E-state index is -3.97. The minimum absolute atomic E-state index is 0.0219. The number of carbonyl (C=O) groups is 1. The van der Waals surface area contributed by atoms with Crippen molar-refractivity contribution in [1.29, 1.82) is 0 Å². The maximum absolute atomic E-state index is 12.7. The number of anilines is 1. The van der Waals surface area contributed by atoms with Crippen LogP contribution in [0.3, 0.4) is 0 Å². The first-order chi connectivity index (χ1) is 12.5. The summed E-state index contributed by atoms with van der Waals surface area (Å²) in [5.74, 6) is 0. The van der Waals surface area contributed by atoms with Gasteiger partial charge in [-0.15, -0.1) is 0 Å². The molecule has 1 heterocycles. The topological polar surface area (TPSA) is 101 Å². The van der Waals surface area contributed by atoms with Gasteiger partial charge in [0.1, 0.15) is 0 Å². The Hall–Kier alpha value is -3.39. The highest BCUT2D eigenvalue weighted by atomic mass is 32.2. The van der Waals surface area contributed by atoms with Gasteiger partial charge in [0, 0.05) is 18.0 Å². The number of rotatable bonds is 3. The molecule has 0 atom stereocenters. The molecule has 7 nitrogen and oxygen atoms in total. The molecule has 3 rings (SSSR count). The van der Waals surface area contributed by atoms with Gasteiger partial charge < -0.3 is 10.5 Å². The monoisotopic (exact) mass is 369 g/mol. The maximum Gasteiger partial charge on any atom is 0.345 e. The molecule has 3 aromatic rings. The van der Waals surface area contributed by atoms with E-state index in [0.29, 0.717) is 10.4 Å². The van der Waals surface area contributed by atoms with Crippen molar-refractivity contribution in [3.05, 3.63) is 84.4 Å². The number of nitrogens with one attached hydrogen (secondary N) is 1. The fourth-order valence-electron chi connectivity index (χ4n) is 2.24. The van der Waals surface area contributed by atoms with Gasteiger partial charge in [0.05, 0.1) is 10.3 Å². The molecule has 0 saturated carbocycles. The molecule has 0 fully saturated rings. The third kappa shape index (κ3) is 3.81. The fraction of sp³-hybridized carbons (Fsp3) is 0. The molecule has 0 aliphatic rings. The normalized spacial score (nSPS) is 11.9. The van der Waals surface area contributed by atoms with Gasteiger partial charge in [-0.25, -0.2) is 13.2 Å². The Morgan fingerprint density at radius 2 is 1.58 bits per heavy atom. The Morgan fingerprint density at radius 3 is 2.23 bits per heavy atom.